The van der Waals surface area contributed by atoms with Gasteiger partial charge in [-0.25, -0.2) is 4.98 Å². The maximum Gasteiger partial charge on any atom is 0.223 e. The molecule has 1 N–H and O–H groups in total. The first-order valence-corrected chi connectivity index (χ1v) is 12.4. The van der Waals surface area contributed by atoms with Gasteiger partial charge in [-0.1, -0.05) is 72.8 Å². The van der Waals surface area contributed by atoms with Gasteiger partial charge in [0.05, 0.1) is 17.6 Å². The predicted molar refractivity (Wildman–Crippen MR) is 138 cm³/mol. The number of hydrogen-bond donors (Lipinski definition) is 1. The van der Waals surface area contributed by atoms with Gasteiger partial charge in [0.1, 0.15) is 11.9 Å². The van der Waals surface area contributed by atoms with E-state index in [4.69, 9.17) is 4.74 Å². The summed E-state index contributed by atoms with van der Waals surface area (Å²) in [6.07, 6.45) is 1.05. The maximum absolute atomic E-state index is 12.8. The van der Waals surface area contributed by atoms with Crippen LogP contribution in [0.2, 0.25) is 0 Å². The standard InChI is InChI=1S/C29H32N4O2/c34-28(16-15-27-30-25-13-7-8-14-26(25)31-27)33-19-17-32(18-20-33)21-22-35-29(23-9-3-1-4-10-23)24-11-5-2-6-12-24/h1-14,29H,15-22H2,(H,30,31). The molecule has 180 valence electrons. The van der Waals surface area contributed by atoms with E-state index in [0.717, 1.165) is 49.6 Å². The number of aromatic amines is 1. The Morgan fingerprint density at radius 3 is 2.14 bits per heavy atom. The van der Waals surface area contributed by atoms with Crippen molar-refractivity contribution in [2.24, 2.45) is 0 Å². The minimum atomic E-state index is -0.0708. The van der Waals surface area contributed by atoms with Crippen molar-refractivity contribution in [2.75, 3.05) is 39.3 Å². The third-order valence-corrected chi connectivity index (χ3v) is 6.64. The van der Waals surface area contributed by atoms with Crippen LogP contribution in [-0.2, 0) is 16.0 Å². The SMILES string of the molecule is O=C(CCc1nc2ccccc2[nH]1)N1CCN(CCOC(c2ccccc2)c2ccccc2)CC1. The number of nitrogens with zero attached hydrogens (tertiary/aromatic N) is 3. The van der Waals surface area contributed by atoms with Crippen molar-refractivity contribution in [1.29, 1.82) is 0 Å². The Labute approximate surface area is 206 Å². The summed E-state index contributed by atoms with van der Waals surface area (Å²) in [5, 5.41) is 0. The van der Waals surface area contributed by atoms with Crippen LogP contribution in [0.25, 0.3) is 11.0 Å². The summed E-state index contributed by atoms with van der Waals surface area (Å²) in [4.78, 5) is 25.0. The number of nitrogens with one attached hydrogen (secondary N) is 1. The minimum Gasteiger partial charge on any atom is -0.367 e. The normalized spacial score (nSPS) is 14.6. The molecule has 5 rings (SSSR count). The first kappa shape index (κ1) is 23.3. The molecule has 35 heavy (non-hydrogen) atoms. The van der Waals surface area contributed by atoms with Gasteiger partial charge in [-0.15, -0.1) is 0 Å². The van der Waals surface area contributed by atoms with Crippen molar-refractivity contribution in [3.8, 4) is 0 Å². The number of carbonyl (C=O) groups is 1. The zero-order valence-corrected chi connectivity index (χ0v) is 20.0. The van der Waals surface area contributed by atoms with Gasteiger partial charge in [0.2, 0.25) is 5.91 Å². The Morgan fingerprint density at radius 2 is 1.49 bits per heavy atom. The van der Waals surface area contributed by atoms with Crippen LogP contribution in [0.3, 0.4) is 0 Å². The number of benzene rings is 3. The van der Waals surface area contributed by atoms with Crippen LogP contribution in [0.1, 0.15) is 29.5 Å². The number of aromatic nitrogens is 2. The number of para-hydroxylation sites is 2. The number of H-pyrrole nitrogens is 1. The molecule has 2 heterocycles. The number of fused-ring (bicyclic) bond motifs is 1. The highest BCUT2D eigenvalue weighted by molar-refractivity contribution is 5.77. The van der Waals surface area contributed by atoms with Gasteiger partial charge in [-0.2, -0.15) is 0 Å². The Hall–Kier alpha value is -3.48. The lowest BCUT2D eigenvalue weighted by molar-refractivity contribution is -0.133. The Balaban J connectivity index is 1.07. The van der Waals surface area contributed by atoms with E-state index < -0.39 is 0 Å². The third kappa shape index (κ3) is 5.96. The number of piperazine rings is 1. The van der Waals surface area contributed by atoms with Crippen molar-refractivity contribution < 1.29 is 9.53 Å². The number of amides is 1. The molecule has 0 spiro atoms. The number of aryl methyl sites for hydroxylation is 1. The largest absolute Gasteiger partial charge is 0.367 e. The van der Waals surface area contributed by atoms with Gasteiger partial charge in [0.15, 0.2) is 0 Å². The van der Waals surface area contributed by atoms with E-state index in [1.54, 1.807) is 0 Å². The van der Waals surface area contributed by atoms with E-state index in [-0.39, 0.29) is 12.0 Å². The minimum absolute atomic E-state index is 0.0708. The lowest BCUT2D eigenvalue weighted by atomic mass is 10.0. The first-order valence-electron chi connectivity index (χ1n) is 12.4. The molecular weight excluding hydrogens is 436 g/mol. The molecule has 0 bridgehead atoms. The Morgan fingerprint density at radius 1 is 0.857 bits per heavy atom. The quantitative estimate of drug-likeness (QED) is 0.394. The number of rotatable bonds is 9. The highest BCUT2D eigenvalue weighted by Crippen LogP contribution is 2.25. The third-order valence-electron chi connectivity index (χ3n) is 6.64. The highest BCUT2D eigenvalue weighted by Gasteiger charge is 2.22. The number of ether oxygens (including phenoxy) is 1. The van der Waals surface area contributed by atoms with Crippen LogP contribution in [0.4, 0.5) is 0 Å². The molecule has 3 aromatic carbocycles. The van der Waals surface area contributed by atoms with Gasteiger partial charge in [0.25, 0.3) is 0 Å². The molecule has 0 unspecified atom stereocenters. The van der Waals surface area contributed by atoms with Gasteiger partial charge in [-0.3, -0.25) is 9.69 Å². The molecule has 0 aliphatic carbocycles. The maximum atomic E-state index is 12.8. The second kappa shape index (κ2) is 11.3. The molecule has 1 aliphatic heterocycles. The molecule has 0 atom stereocenters. The lowest BCUT2D eigenvalue weighted by Crippen LogP contribution is -2.49. The van der Waals surface area contributed by atoms with Crippen LogP contribution < -0.4 is 0 Å². The first-order chi connectivity index (χ1) is 17.3. The van der Waals surface area contributed by atoms with Gasteiger partial charge < -0.3 is 14.6 Å². The Bertz CT molecular complexity index is 1140. The summed E-state index contributed by atoms with van der Waals surface area (Å²) < 4.78 is 6.37. The van der Waals surface area contributed by atoms with Crippen LogP contribution in [0.15, 0.2) is 84.9 Å². The summed E-state index contributed by atoms with van der Waals surface area (Å²) in [7, 11) is 0. The smallest absolute Gasteiger partial charge is 0.223 e. The second-order valence-electron chi connectivity index (χ2n) is 9.00. The van der Waals surface area contributed by atoms with Gasteiger partial charge in [-0.05, 0) is 23.3 Å². The molecule has 1 amide bonds. The van der Waals surface area contributed by atoms with Gasteiger partial charge in [0, 0.05) is 45.6 Å². The number of hydrogen-bond acceptors (Lipinski definition) is 4. The van der Waals surface area contributed by atoms with E-state index in [1.165, 1.54) is 11.1 Å². The number of carbonyl (C=O) groups excluding carboxylic acids is 1. The van der Waals surface area contributed by atoms with E-state index in [9.17, 15) is 4.79 Å². The zero-order chi connectivity index (χ0) is 23.9. The fourth-order valence-electron chi connectivity index (χ4n) is 4.67. The van der Waals surface area contributed by atoms with Crippen LogP contribution in [-0.4, -0.2) is 65.0 Å². The summed E-state index contributed by atoms with van der Waals surface area (Å²) in [6, 6.07) is 28.7. The molecule has 1 aliphatic rings. The molecule has 0 saturated carbocycles. The van der Waals surface area contributed by atoms with Crippen LogP contribution in [0, 0.1) is 0 Å². The van der Waals surface area contributed by atoms with E-state index in [1.807, 2.05) is 41.3 Å². The molecule has 1 saturated heterocycles. The fourth-order valence-corrected chi connectivity index (χ4v) is 4.67. The predicted octanol–water partition coefficient (Wildman–Crippen LogP) is 4.45. The summed E-state index contributed by atoms with van der Waals surface area (Å²) >= 11 is 0. The molecular formula is C29H32N4O2. The Kier molecular flexibility index (Phi) is 7.51. The van der Waals surface area contributed by atoms with Crippen molar-refractivity contribution >= 4 is 16.9 Å². The van der Waals surface area contributed by atoms with Crippen molar-refractivity contribution in [2.45, 2.75) is 18.9 Å². The van der Waals surface area contributed by atoms with Crippen LogP contribution >= 0.6 is 0 Å². The average Bonchev–Trinajstić information content (AvgIpc) is 3.34. The van der Waals surface area contributed by atoms with Crippen LogP contribution in [0.5, 0.6) is 0 Å². The molecule has 1 fully saturated rings. The van der Waals surface area contributed by atoms with E-state index in [2.05, 4.69) is 63.4 Å². The number of imidazole rings is 1. The fraction of sp³-hybridized carbons (Fsp3) is 0.310. The summed E-state index contributed by atoms with van der Waals surface area (Å²) in [5.41, 5.74) is 4.30. The topological polar surface area (TPSA) is 61.5 Å². The monoisotopic (exact) mass is 468 g/mol. The average molecular weight is 469 g/mol. The van der Waals surface area contributed by atoms with Crippen molar-refractivity contribution in [1.82, 2.24) is 19.8 Å². The van der Waals surface area contributed by atoms with E-state index >= 15 is 0 Å². The summed E-state index contributed by atoms with van der Waals surface area (Å²) in [6.45, 7) is 4.79. The zero-order valence-electron chi connectivity index (χ0n) is 20.0. The highest BCUT2D eigenvalue weighted by atomic mass is 16.5. The lowest BCUT2D eigenvalue weighted by Gasteiger charge is -2.35. The summed E-state index contributed by atoms with van der Waals surface area (Å²) in [5.74, 6) is 1.08. The molecule has 0 radical (unpaired) electrons. The van der Waals surface area contributed by atoms with Crippen molar-refractivity contribution in [3.63, 3.8) is 0 Å². The molecule has 1 aromatic heterocycles. The van der Waals surface area contributed by atoms with E-state index in [0.29, 0.717) is 19.4 Å². The molecule has 4 aromatic rings. The molecule has 6 heteroatoms. The van der Waals surface area contributed by atoms with Gasteiger partial charge >= 0.3 is 0 Å². The second-order valence-corrected chi connectivity index (χ2v) is 9.00. The van der Waals surface area contributed by atoms with Crippen molar-refractivity contribution in [3.05, 3.63) is 102 Å². The molecule has 6 nitrogen and oxygen atoms in total.